The van der Waals surface area contributed by atoms with Gasteiger partial charge in [0.25, 0.3) is 0 Å². The van der Waals surface area contributed by atoms with Gasteiger partial charge in [-0.1, -0.05) is 162 Å². The molecule has 0 aliphatic heterocycles. The molecule has 0 atom stereocenters. The first-order chi connectivity index (χ1) is 30.5. The highest BCUT2D eigenvalue weighted by atomic mass is 15.1. The van der Waals surface area contributed by atoms with Crippen LogP contribution in [0.2, 0.25) is 0 Å². The van der Waals surface area contributed by atoms with E-state index in [1.807, 2.05) is 0 Å². The highest BCUT2D eigenvalue weighted by Crippen LogP contribution is 2.51. The lowest BCUT2D eigenvalue weighted by Gasteiger charge is -2.29. The van der Waals surface area contributed by atoms with Gasteiger partial charge in [-0.15, -0.1) is 0 Å². The van der Waals surface area contributed by atoms with Crippen LogP contribution in [0.5, 0.6) is 0 Å². The molecule has 310 valence electrons. The summed E-state index contributed by atoms with van der Waals surface area (Å²) in [5.74, 6) is 1.45. The van der Waals surface area contributed by atoms with Crippen LogP contribution in [0.3, 0.4) is 0 Å². The molecule has 11 rings (SSSR count). The first-order valence-electron chi connectivity index (χ1n) is 24.1. The van der Waals surface area contributed by atoms with E-state index >= 15 is 0 Å². The highest BCUT2D eigenvalue weighted by Gasteiger charge is 2.36. The molecule has 7 aromatic carbocycles. The summed E-state index contributed by atoms with van der Waals surface area (Å²) in [6, 6.07) is 59.1. The fourth-order valence-electron chi connectivity index (χ4n) is 12.0. The Hall–Kier alpha value is -5.66. The van der Waals surface area contributed by atoms with Gasteiger partial charge in [-0.3, -0.25) is 0 Å². The first-order valence-corrected chi connectivity index (χ1v) is 24.1. The van der Waals surface area contributed by atoms with Gasteiger partial charge in [-0.25, -0.2) is 0 Å². The third-order valence-corrected chi connectivity index (χ3v) is 15.5. The van der Waals surface area contributed by atoms with E-state index in [-0.39, 0.29) is 5.41 Å². The van der Waals surface area contributed by atoms with E-state index in [4.69, 9.17) is 0 Å². The predicted molar refractivity (Wildman–Crippen MR) is 263 cm³/mol. The number of aryl methyl sites for hydroxylation is 1. The Bertz CT molecular complexity index is 2700. The predicted octanol–water partition coefficient (Wildman–Crippen LogP) is 17.4. The third-order valence-electron chi connectivity index (χ3n) is 15.5. The largest absolute Gasteiger partial charge is 0.310 e. The van der Waals surface area contributed by atoms with Crippen LogP contribution in [-0.4, -0.2) is 0 Å². The third kappa shape index (κ3) is 7.32. The maximum Gasteiger partial charge on any atom is 0.0467 e. The molecule has 62 heavy (non-hydrogen) atoms. The second-order valence-electron chi connectivity index (χ2n) is 19.6. The molecule has 0 N–H and O–H groups in total. The Morgan fingerprint density at radius 1 is 0.387 bits per heavy atom. The molecular formula is C61H61N. The standard InChI is InChI=1S/C61H61N/c1-61(2)59-23-12-11-22-56(59)57-37-36-54(41-60(57)61)62(52-34-32-47(33-35-52)46-26-24-44(25-27-46)42-14-5-3-6-15-42)53-20-13-19-50(39-53)58-40-51(38-49-18-9-10-21-55(49)58)48-30-28-45(29-31-48)43-16-7-4-8-17-43/h11-13,19-20,22-43H,3-10,14-18,21H2,1-2H3. The Labute approximate surface area is 370 Å². The maximum atomic E-state index is 2.51. The van der Waals surface area contributed by atoms with Crippen LogP contribution >= 0.6 is 0 Å². The van der Waals surface area contributed by atoms with E-state index in [1.54, 1.807) is 5.56 Å². The van der Waals surface area contributed by atoms with Crippen molar-refractivity contribution in [3.05, 3.63) is 185 Å². The quantitative estimate of drug-likeness (QED) is 0.148. The molecule has 0 bridgehead atoms. The van der Waals surface area contributed by atoms with Crippen molar-refractivity contribution in [2.24, 2.45) is 0 Å². The van der Waals surface area contributed by atoms with Crippen LogP contribution in [0, 0.1) is 0 Å². The highest BCUT2D eigenvalue weighted by molar-refractivity contribution is 5.87. The summed E-state index contributed by atoms with van der Waals surface area (Å²) in [6.45, 7) is 4.78. The molecule has 0 saturated heterocycles. The number of hydrogen-bond acceptors (Lipinski definition) is 1. The average molecular weight is 808 g/mol. The molecule has 0 unspecified atom stereocenters. The molecule has 0 aromatic heterocycles. The van der Waals surface area contributed by atoms with Crippen molar-refractivity contribution in [1.82, 2.24) is 0 Å². The van der Waals surface area contributed by atoms with E-state index < -0.39 is 0 Å². The van der Waals surface area contributed by atoms with Gasteiger partial charge in [0.1, 0.15) is 0 Å². The second-order valence-corrected chi connectivity index (χ2v) is 19.6. The fraction of sp³-hybridized carbons (Fsp3) is 0.311. The number of nitrogens with zero attached hydrogens (tertiary/aromatic N) is 1. The minimum absolute atomic E-state index is 0.0861. The zero-order valence-corrected chi connectivity index (χ0v) is 36.9. The van der Waals surface area contributed by atoms with E-state index in [2.05, 4.69) is 170 Å². The summed E-state index contributed by atoms with van der Waals surface area (Å²) in [7, 11) is 0. The Morgan fingerprint density at radius 2 is 0.952 bits per heavy atom. The maximum absolute atomic E-state index is 2.51. The van der Waals surface area contributed by atoms with Gasteiger partial charge >= 0.3 is 0 Å². The lowest BCUT2D eigenvalue weighted by Crippen LogP contribution is -2.16. The SMILES string of the molecule is CC1(C)c2ccccc2-c2ccc(N(c3ccc(-c4ccc(C5CCCCC5)cc4)cc3)c3cccc(-c4cc(-c5ccc(C6CCCCC6)cc5)cc5c4CCCC5)c3)cc21. The summed E-state index contributed by atoms with van der Waals surface area (Å²) < 4.78 is 0. The number of rotatable bonds is 8. The molecular weight excluding hydrogens is 747 g/mol. The van der Waals surface area contributed by atoms with Gasteiger partial charge in [0.05, 0.1) is 0 Å². The lowest BCUT2D eigenvalue weighted by molar-refractivity contribution is 0.443. The van der Waals surface area contributed by atoms with Gasteiger partial charge in [0.15, 0.2) is 0 Å². The van der Waals surface area contributed by atoms with Crippen molar-refractivity contribution in [2.45, 2.75) is 121 Å². The molecule has 0 heterocycles. The van der Waals surface area contributed by atoms with Gasteiger partial charge in [0.2, 0.25) is 0 Å². The summed E-state index contributed by atoms with van der Waals surface area (Å²) >= 11 is 0. The van der Waals surface area contributed by atoms with Crippen LogP contribution in [0.4, 0.5) is 17.1 Å². The minimum atomic E-state index is -0.0861. The second kappa shape index (κ2) is 16.6. The molecule has 0 amide bonds. The fourth-order valence-corrected chi connectivity index (χ4v) is 12.0. The number of benzene rings is 7. The molecule has 2 saturated carbocycles. The Balaban J connectivity index is 0.985. The van der Waals surface area contributed by atoms with Crippen molar-refractivity contribution in [1.29, 1.82) is 0 Å². The first kappa shape index (κ1) is 39.2. The average Bonchev–Trinajstić information content (AvgIpc) is 3.57. The van der Waals surface area contributed by atoms with E-state index in [1.165, 1.54) is 166 Å². The van der Waals surface area contributed by atoms with Crippen molar-refractivity contribution in [2.75, 3.05) is 4.90 Å². The van der Waals surface area contributed by atoms with Crippen LogP contribution in [0.15, 0.2) is 152 Å². The minimum Gasteiger partial charge on any atom is -0.310 e. The number of hydrogen-bond donors (Lipinski definition) is 0. The van der Waals surface area contributed by atoms with Gasteiger partial charge in [-0.2, -0.15) is 0 Å². The molecule has 0 radical (unpaired) electrons. The summed E-state index contributed by atoms with van der Waals surface area (Å²) in [5, 5.41) is 0. The molecule has 0 spiro atoms. The van der Waals surface area contributed by atoms with E-state index in [0.29, 0.717) is 0 Å². The molecule has 2 fully saturated rings. The van der Waals surface area contributed by atoms with Crippen molar-refractivity contribution < 1.29 is 0 Å². The zero-order valence-electron chi connectivity index (χ0n) is 36.9. The van der Waals surface area contributed by atoms with Crippen LogP contribution in [0.1, 0.15) is 136 Å². The van der Waals surface area contributed by atoms with Crippen LogP contribution in [-0.2, 0) is 18.3 Å². The van der Waals surface area contributed by atoms with E-state index in [0.717, 1.165) is 24.7 Å². The summed E-state index contributed by atoms with van der Waals surface area (Å²) in [6.07, 6.45) is 18.4. The topological polar surface area (TPSA) is 3.24 Å². The number of anilines is 3. The molecule has 4 aliphatic carbocycles. The van der Waals surface area contributed by atoms with Crippen LogP contribution < -0.4 is 4.90 Å². The van der Waals surface area contributed by atoms with Crippen molar-refractivity contribution in [3.8, 4) is 44.5 Å². The van der Waals surface area contributed by atoms with Gasteiger partial charge in [0, 0.05) is 22.5 Å². The van der Waals surface area contributed by atoms with Crippen LogP contribution in [0.25, 0.3) is 44.5 Å². The normalized spacial score (nSPS) is 17.3. The Kier molecular flexibility index (Phi) is 10.5. The summed E-state index contributed by atoms with van der Waals surface area (Å²) in [4.78, 5) is 2.50. The Morgan fingerprint density at radius 3 is 1.63 bits per heavy atom. The number of fused-ring (bicyclic) bond motifs is 4. The molecule has 7 aromatic rings. The zero-order chi connectivity index (χ0) is 41.6. The van der Waals surface area contributed by atoms with Crippen molar-refractivity contribution in [3.63, 3.8) is 0 Å². The summed E-state index contributed by atoms with van der Waals surface area (Å²) in [5.41, 5.74) is 23.0. The monoisotopic (exact) mass is 807 g/mol. The molecule has 1 heteroatoms. The lowest BCUT2D eigenvalue weighted by atomic mass is 9.82. The molecule has 4 aliphatic rings. The van der Waals surface area contributed by atoms with E-state index in [9.17, 15) is 0 Å². The molecule has 1 nitrogen and oxygen atoms in total. The smallest absolute Gasteiger partial charge is 0.0467 e. The van der Waals surface area contributed by atoms with Crippen molar-refractivity contribution >= 4 is 17.1 Å². The van der Waals surface area contributed by atoms with Gasteiger partial charge in [-0.05, 0) is 184 Å². The van der Waals surface area contributed by atoms with Gasteiger partial charge < -0.3 is 4.90 Å².